The maximum atomic E-state index is 12.9. The van der Waals surface area contributed by atoms with E-state index in [2.05, 4.69) is 30.5 Å². The molecule has 1 aromatic carbocycles. The lowest BCUT2D eigenvalue weighted by Crippen LogP contribution is -2.23. The first-order valence-electron chi connectivity index (χ1n) is 7.37. The first kappa shape index (κ1) is 16.0. The monoisotopic (exact) mass is 307 g/mol. The quantitative estimate of drug-likeness (QED) is 0.751. The van der Waals surface area contributed by atoms with Crippen LogP contribution in [0.3, 0.4) is 0 Å². The molecule has 0 aliphatic carbocycles. The van der Waals surface area contributed by atoms with Crippen LogP contribution in [-0.4, -0.2) is 22.1 Å². The fourth-order valence-corrected chi connectivity index (χ4v) is 3.03. The molecular weight excluding hydrogens is 285 g/mol. The van der Waals surface area contributed by atoms with Crippen LogP contribution in [0.2, 0.25) is 0 Å². The number of aryl methyl sites for hydroxylation is 1. The van der Waals surface area contributed by atoms with Crippen molar-refractivity contribution in [3.8, 4) is 0 Å². The van der Waals surface area contributed by atoms with Gasteiger partial charge >= 0.3 is 0 Å². The van der Waals surface area contributed by atoms with E-state index in [9.17, 15) is 4.39 Å². The summed E-state index contributed by atoms with van der Waals surface area (Å²) in [5, 5.41) is 7.90. The largest absolute Gasteiger partial charge is 0.309 e. The van der Waals surface area contributed by atoms with Gasteiger partial charge in [-0.3, -0.25) is 4.68 Å². The van der Waals surface area contributed by atoms with Crippen molar-refractivity contribution in [1.82, 2.24) is 15.1 Å². The van der Waals surface area contributed by atoms with Crippen LogP contribution in [0.4, 0.5) is 4.39 Å². The van der Waals surface area contributed by atoms with E-state index in [1.165, 1.54) is 17.7 Å². The topological polar surface area (TPSA) is 29.9 Å². The SMILES string of the molecule is CCCNC(CSc1ccc(F)cc1)c1cnn(CC)c1. The Morgan fingerprint density at radius 2 is 2.05 bits per heavy atom. The highest BCUT2D eigenvalue weighted by molar-refractivity contribution is 7.99. The maximum Gasteiger partial charge on any atom is 0.123 e. The minimum Gasteiger partial charge on any atom is -0.309 e. The third-order valence-electron chi connectivity index (χ3n) is 3.25. The van der Waals surface area contributed by atoms with Gasteiger partial charge in [0.25, 0.3) is 0 Å². The van der Waals surface area contributed by atoms with Crippen LogP contribution < -0.4 is 5.32 Å². The number of nitrogens with zero attached hydrogens (tertiary/aromatic N) is 2. The molecule has 1 atom stereocenters. The lowest BCUT2D eigenvalue weighted by molar-refractivity contribution is 0.575. The molecule has 0 amide bonds. The highest BCUT2D eigenvalue weighted by Crippen LogP contribution is 2.25. The normalized spacial score (nSPS) is 12.5. The lowest BCUT2D eigenvalue weighted by atomic mass is 10.2. The zero-order chi connectivity index (χ0) is 15.1. The van der Waals surface area contributed by atoms with Crippen LogP contribution in [0.25, 0.3) is 0 Å². The molecule has 0 fully saturated rings. The second kappa shape index (κ2) is 8.20. The number of thioether (sulfide) groups is 1. The summed E-state index contributed by atoms with van der Waals surface area (Å²) in [6.07, 6.45) is 5.13. The van der Waals surface area contributed by atoms with Crippen LogP contribution in [0, 0.1) is 5.82 Å². The molecule has 0 spiro atoms. The summed E-state index contributed by atoms with van der Waals surface area (Å²) in [5.74, 6) is 0.713. The Morgan fingerprint density at radius 3 is 2.67 bits per heavy atom. The third kappa shape index (κ3) is 4.86. The number of hydrogen-bond donors (Lipinski definition) is 1. The lowest BCUT2D eigenvalue weighted by Gasteiger charge is -2.16. The van der Waals surface area contributed by atoms with Crippen molar-refractivity contribution in [1.29, 1.82) is 0 Å². The third-order valence-corrected chi connectivity index (χ3v) is 4.36. The summed E-state index contributed by atoms with van der Waals surface area (Å²) in [6, 6.07) is 6.93. The average molecular weight is 307 g/mol. The molecule has 0 aliphatic heterocycles. The van der Waals surface area contributed by atoms with Crippen molar-refractivity contribution in [2.75, 3.05) is 12.3 Å². The van der Waals surface area contributed by atoms with E-state index in [-0.39, 0.29) is 11.9 Å². The number of aromatic nitrogens is 2. The molecule has 0 bridgehead atoms. The number of halogens is 1. The number of benzene rings is 1. The molecular formula is C16H22FN3S. The molecule has 1 heterocycles. The van der Waals surface area contributed by atoms with Crippen molar-refractivity contribution >= 4 is 11.8 Å². The highest BCUT2D eigenvalue weighted by atomic mass is 32.2. The summed E-state index contributed by atoms with van der Waals surface area (Å²) in [7, 11) is 0. The van der Waals surface area contributed by atoms with E-state index >= 15 is 0 Å². The summed E-state index contributed by atoms with van der Waals surface area (Å²) < 4.78 is 14.9. The second-order valence-electron chi connectivity index (χ2n) is 4.90. The van der Waals surface area contributed by atoms with Crippen LogP contribution >= 0.6 is 11.8 Å². The van der Waals surface area contributed by atoms with Gasteiger partial charge in [-0.25, -0.2) is 4.39 Å². The molecule has 0 saturated carbocycles. The van der Waals surface area contributed by atoms with E-state index < -0.39 is 0 Å². The van der Waals surface area contributed by atoms with Gasteiger partial charge in [-0.2, -0.15) is 5.10 Å². The molecule has 0 saturated heterocycles. The summed E-state index contributed by atoms with van der Waals surface area (Å²) in [5.41, 5.74) is 1.21. The maximum absolute atomic E-state index is 12.9. The molecule has 114 valence electrons. The molecule has 1 N–H and O–H groups in total. The van der Waals surface area contributed by atoms with Crippen LogP contribution in [-0.2, 0) is 6.54 Å². The molecule has 1 aromatic heterocycles. The van der Waals surface area contributed by atoms with Gasteiger partial charge in [0.1, 0.15) is 5.82 Å². The Morgan fingerprint density at radius 1 is 1.29 bits per heavy atom. The first-order valence-corrected chi connectivity index (χ1v) is 8.35. The standard InChI is InChI=1S/C16H22FN3S/c1-3-9-18-16(13-10-19-20(4-2)11-13)12-21-15-7-5-14(17)6-8-15/h5-8,10-11,16,18H,3-4,9,12H2,1-2H3. The van der Waals surface area contributed by atoms with E-state index in [0.717, 1.165) is 30.2 Å². The smallest absolute Gasteiger partial charge is 0.123 e. The molecule has 2 rings (SSSR count). The molecule has 21 heavy (non-hydrogen) atoms. The fraction of sp³-hybridized carbons (Fsp3) is 0.438. The van der Waals surface area contributed by atoms with Gasteiger partial charge in [0.15, 0.2) is 0 Å². The predicted octanol–water partition coefficient (Wildman–Crippen LogP) is 3.88. The highest BCUT2D eigenvalue weighted by Gasteiger charge is 2.13. The van der Waals surface area contributed by atoms with Crippen molar-refractivity contribution < 1.29 is 4.39 Å². The average Bonchev–Trinajstić information content (AvgIpc) is 2.98. The van der Waals surface area contributed by atoms with Crippen LogP contribution in [0.5, 0.6) is 0 Å². The van der Waals surface area contributed by atoms with Crippen molar-refractivity contribution in [2.45, 2.75) is 37.8 Å². The van der Waals surface area contributed by atoms with Crippen molar-refractivity contribution in [3.63, 3.8) is 0 Å². The molecule has 0 aliphatic rings. The minimum absolute atomic E-state index is 0.191. The van der Waals surface area contributed by atoms with Gasteiger partial charge in [0.05, 0.1) is 6.20 Å². The van der Waals surface area contributed by atoms with Gasteiger partial charge in [0.2, 0.25) is 0 Å². The number of hydrogen-bond acceptors (Lipinski definition) is 3. The Bertz CT molecular complexity index is 539. The van der Waals surface area contributed by atoms with E-state index in [1.807, 2.05) is 23.0 Å². The van der Waals surface area contributed by atoms with Crippen molar-refractivity contribution in [2.24, 2.45) is 0 Å². The van der Waals surface area contributed by atoms with Gasteiger partial charge in [0, 0.05) is 35.0 Å². The zero-order valence-electron chi connectivity index (χ0n) is 12.6. The Kier molecular flexibility index (Phi) is 6.26. The van der Waals surface area contributed by atoms with Gasteiger partial charge in [-0.1, -0.05) is 6.92 Å². The second-order valence-corrected chi connectivity index (χ2v) is 5.99. The Labute approximate surface area is 129 Å². The summed E-state index contributed by atoms with van der Waals surface area (Å²) in [4.78, 5) is 1.09. The zero-order valence-corrected chi connectivity index (χ0v) is 13.4. The Balaban J connectivity index is 2.00. The van der Waals surface area contributed by atoms with Crippen molar-refractivity contribution in [3.05, 3.63) is 48.0 Å². The minimum atomic E-state index is -0.191. The summed E-state index contributed by atoms with van der Waals surface area (Å²) in [6.45, 7) is 6.10. The molecule has 5 heteroatoms. The van der Waals surface area contributed by atoms with Gasteiger partial charge < -0.3 is 5.32 Å². The van der Waals surface area contributed by atoms with Crippen LogP contribution in [0.1, 0.15) is 31.9 Å². The molecule has 2 aromatic rings. The van der Waals surface area contributed by atoms with Gasteiger partial charge in [-0.15, -0.1) is 11.8 Å². The molecule has 1 unspecified atom stereocenters. The van der Waals surface area contributed by atoms with Crippen LogP contribution in [0.15, 0.2) is 41.6 Å². The number of rotatable bonds is 8. The molecule has 3 nitrogen and oxygen atoms in total. The molecule has 0 radical (unpaired) electrons. The van der Waals surface area contributed by atoms with E-state index in [1.54, 1.807) is 11.8 Å². The predicted molar refractivity (Wildman–Crippen MR) is 86.1 cm³/mol. The van der Waals surface area contributed by atoms with Gasteiger partial charge in [-0.05, 0) is 44.2 Å². The first-order chi connectivity index (χ1) is 10.2. The number of nitrogens with one attached hydrogen (secondary N) is 1. The fourth-order valence-electron chi connectivity index (χ4n) is 2.03. The van der Waals surface area contributed by atoms with E-state index in [4.69, 9.17) is 0 Å². The van der Waals surface area contributed by atoms with E-state index in [0.29, 0.717) is 0 Å². The Hall–Kier alpha value is -1.33. The summed E-state index contributed by atoms with van der Waals surface area (Å²) >= 11 is 1.73.